The van der Waals surface area contributed by atoms with Crippen molar-refractivity contribution in [1.82, 2.24) is 10.6 Å². The normalized spacial score (nSPS) is 22.5. The maximum atomic E-state index is 11.7. The summed E-state index contributed by atoms with van der Waals surface area (Å²) < 4.78 is 10.5. The molecular formula is C12H24N2O3. The Morgan fingerprint density at radius 2 is 2.18 bits per heavy atom. The highest BCUT2D eigenvalue weighted by Gasteiger charge is 2.17. The Balaban J connectivity index is 2.14. The maximum Gasteiger partial charge on any atom is 0.236 e. The summed E-state index contributed by atoms with van der Waals surface area (Å²) in [6.07, 6.45) is 1.04. The Kier molecular flexibility index (Phi) is 6.47. The van der Waals surface area contributed by atoms with Crippen molar-refractivity contribution in [1.29, 1.82) is 0 Å². The van der Waals surface area contributed by atoms with E-state index in [9.17, 15) is 4.79 Å². The summed E-state index contributed by atoms with van der Waals surface area (Å²) in [6.45, 7) is 8.54. The summed E-state index contributed by atoms with van der Waals surface area (Å²) in [4.78, 5) is 11.7. The highest BCUT2D eigenvalue weighted by Crippen LogP contribution is 2.04. The Bertz CT molecular complexity index is 228. The SMILES string of the molecule is CC(C)CNC(=O)C(C)NCC1CCOCO1. The van der Waals surface area contributed by atoms with Gasteiger partial charge >= 0.3 is 0 Å². The van der Waals surface area contributed by atoms with Gasteiger partial charge in [0.25, 0.3) is 0 Å². The van der Waals surface area contributed by atoms with Crippen LogP contribution in [-0.2, 0) is 14.3 Å². The van der Waals surface area contributed by atoms with Gasteiger partial charge in [0.1, 0.15) is 6.79 Å². The van der Waals surface area contributed by atoms with Crippen LogP contribution in [0.1, 0.15) is 27.2 Å². The molecule has 1 heterocycles. The van der Waals surface area contributed by atoms with Crippen molar-refractivity contribution in [3.63, 3.8) is 0 Å². The molecule has 1 rings (SSSR count). The maximum absolute atomic E-state index is 11.7. The molecule has 0 aromatic heterocycles. The zero-order valence-corrected chi connectivity index (χ0v) is 11.0. The van der Waals surface area contributed by atoms with E-state index in [2.05, 4.69) is 24.5 Å². The highest BCUT2D eigenvalue weighted by molar-refractivity contribution is 5.81. The van der Waals surface area contributed by atoms with Crippen molar-refractivity contribution < 1.29 is 14.3 Å². The van der Waals surface area contributed by atoms with Gasteiger partial charge in [0, 0.05) is 13.1 Å². The van der Waals surface area contributed by atoms with Crippen molar-refractivity contribution in [2.24, 2.45) is 5.92 Å². The molecule has 2 unspecified atom stereocenters. The first kappa shape index (κ1) is 14.4. The molecule has 100 valence electrons. The van der Waals surface area contributed by atoms with Crippen LogP contribution < -0.4 is 10.6 Å². The molecule has 1 fully saturated rings. The predicted molar refractivity (Wildman–Crippen MR) is 65.6 cm³/mol. The number of amides is 1. The van der Waals surface area contributed by atoms with Crippen LogP contribution in [0.25, 0.3) is 0 Å². The molecule has 0 spiro atoms. The second kappa shape index (κ2) is 7.63. The van der Waals surface area contributed by atoms with Crippen LogP contribution in [0.5, 0.6) is 0 Å². The minimum atomic E-state index is -0.180. The summed E-state index contributed by atoms with van der Waals surface area (Å²) >= 11 is 0. The van der Waals surface area contributed by atoms with E-state index in [0.717, 1.165) is 19.6 Å². The fraction of sp³-hybridized carbons (Fsp3) is 0.917. The largest absolute Gasteiger partial charge is 0.355 e. The minimum Gasteiger partial charge on any atom is -0.355 e. The van der Waals surface area contributed by atoms with Crippen molar-refractivity contribution >= 4 is 5.91 Å². The molecule has 0 aromatic rings. The zero-order valence-electron chi connectivity index (χ0n) is 11.0. The monoisotopic (exact) mass is 244 g/mol. The van der Waals surface area contributed by atoms with Gasteiger partial charge < -0.3 is 20.1 Å². The number of hydrogen-bond donors (Lipinski definition) is 2. The topological polar surface area (TPSA) is 59.6 Å². The van der Waals surface area contributed by atoms with Crippen LogP contribution in [0.3, 0.4) is 0 Å². The standard InChI is InChI=1S/C12H24N2O3/c1-9(2)6-14-12(15)10(3)13-7-11-4-5-16-8-17-11/h9-11,13H,4-8H2,1-3H3,(H,14,15). The lowest BCUT2D eigenvalue weighted by Crippen LogP contribution is -2.46. The molecule has 1 aliphatic rings. The van der Waals surface area contributed by atoms with Crippen LogP contribution in [0, 0.1) is 5.92 Å². The van der Waals surface area contributed by atoms with E-state index in [1.807, 2.05) is 6.92 Å². The lowest BCUT2D eigenvalue weighted by atomic mass is 10.2. The first-order valence-corrected chi connectivity index (χ1v) is 6.30. The van der Waals surface area contributed by atoms with Gasteiger partial charge in [0.15, 0.2) is 0 Å². The molecule has 5 nitrogen and oxygen atoms in total. The average Bonchev–Trinajstić information content (AvgIpc) is 2.34. The van der Waals surface area contributed by atoms with Gasteiger partial charge in [0.2, 0.25) is 5.91 Å². The Morgan fingerprint density at radius 1 is 1.41 bits per heavy atom. The van der Waals surface area contributed by atoms with Crippen molar-refractivity contribution in [3.05, 3.63) is 0 Å². The quantitative estimate of drug-likeness (QED) is 0.714. The van der Waals surface area contributed by atoms with Gasteiger partial charge in [-0.15, -0.1) is 0 Å². The van der Waals surface area contributed by atoms with Gasteiger partial charge in [-0.2, -0.15) is 0 Å². The second-order valence-corrected chi connectivity index (χ2v) is 4.87. The molecule has 1 saturated heterocycles. The lowest BCUT2D eigenvalue weighted by Gasteiger charge is -2.24. The van der Waals surface area contributed by atoms with Gasteiger partial charge in [-0.1, -0.05) is 13.8 Å². The van der Waals surface area contributed by atoms with E-state index in [-0.39, 0.29) is 18.1 Å². The molecule has 17 heavy (non-hydrogen) atoms. The number of ether oxygens (including phenoxy) is 2. The molecule has 0 bridgehead atoms. The molecule has 2 atom stereocenters. The van der Waals surface area contributed by atoms with Crippen LogP contribution >= 0.6 is 0 Å². The van der Waals surface area contributed by atoms with Gasteiger partial charge in [-0.3, -0.25) is 4.79 Å². The smallest absolute Gasteiger partial charge is 0.236 e. The summed E-state index contributed by atoms with van der Waals surface area (Å²) in [7, 11) is 0. The zero-order chi connectivity index (χ0) is 12.7. The molecule has 5 heteroatoms. The van der Waals surface area contributed by atoms with Gasteiger partial charge in [0.05, 0.1) is 18.8 Å². The van der Waals surface area contributed by atoms with Crippen molar-refractivity contribution in [3.8, 4) is 0 Å². The Hall–Kier alpha value is -0.650. The first-order valence-electron chi connectivity index (χ1n) is 6.30. The molecular weight excluding hydrogens is 220 g/mol. The Labute approximate surface area is 103 Å². The van der Waals surface area contributed by atoms with E-state index in [1.165, 1.54) is 0 Å². The van der Waals surface area contributed by atoms with Crippen molar-refractivity contribution in [2.45, 2.75) is 39.3 Å². The lowest BCUT2D eigenvalue weighted by molar-refractivity contribution is -0.138. The van der Waals surface area contributed by atoms with Crippen molar-refractivity contribution in [2.75, 3.05) is 26.5 Å². The predicted octanol–water partition coefficient (Wildman–Crippen LogP) is 0.500. The van der Waals surface area contributed by atoms with E-state index < -0.39 is 0 Å². The molecule has 2 N–H and O–H groups in total. The van der Waals surface area contributed by atoms with Crippen LogP contribution in [0.2, 0.25) is 0 Å². The highest BCUT2D eigenvalue weighted by atomic mass is 16.7. The number of carbonyl (C=O) groups is 1. The number of rotatable bonds is 6. The first-order chi connectivity index (χ1) is 8.09. The van der Waals surface area contributed by atoms with E-state index in [1.54, 1.807) is 0 Å². The second-order valence-electron chi connectivity index (χ2n) is 4.87. The van der Waals surface area contributed by atoms with Crippen LogP contribution in [0.15, 0.2) is 0 Å². The molecule has 0 aromatic carbocycles. The molecule has 0 radical (unpaired) electrons. The molecule has 0 aliphatic carbocycles. The fourth-order valence-corrected chi connectivity index (χ4v) is 1.52. The van der Waals surface area contributed by atoms with Gasteiger partial charge in [-0.05, 0) is 19.3 Å². The van der Waals surface area contributed by atoms with Crippen LogP contribution in [0.4, 0.5) is 0 Å². The van der Waals surface area contributed by atoms with E-state index in [0.29, 0.717) is 19.3 Å². The molecule has 1 aliphatic heterocycles. The summed E-state index contributed by atoms with van der Waals surface area (Å²) in [5.41, 5.74) is 0. The van der Waals surface area contributed by atoms with E-state index >= 15 is 0 Å². The van der Waals surface area contributed by atoms with Crippen LogP contribution in [-0.4, -0.2) is 44.5 Å². The number of hydrogen-bond acceptors (Lipinski definition) is 4. The fourth-order valence-electron chi connectivity index (χ4n) is 1.52. The number of nitrogens with one attached hydrogen (secondary N) is 2. The number of carbonyl (C=O) groups excluding carboxylic acids is 1. The summed E-state index contributed by atoms with van der Waals surface area (Å²) in [6, 6.07) is -0.180. The minimum absolute atomic E-state index is 0.0470. The third-order valence-corrected chi connectivity index (χ3v) is 2.70. The average molecular weight is 244 g/mol. The van der Waals surface area contributed by atoms with E-state index in [4.69, 9.17) is 9.47 Å². The van der Waals surface area contributed by atoms with Gasteiger partial charge in [-0.25, -0.2) is 0 Å². The summed E-state index contributed by atoms with van der Waals surface area (Å²) in [5.74, 6) is 0.524. The molecule has 0 saturated carbocycles. The third-order valence-electron chi connectivity index (χ3n) is 2.70. The summed E-state index contributed by atoms with van der Waals surface area (Å²) in [5, 5.41) is 6.09. The molecule has 1 amide bonds. The third kappa shape index (κ3) is 6.00. The Morgan fingerprint density at radius 3 is 2.76 bits per heavy atom.